The van der Waals surface area contributed by atoms with E-state index >= 15 is 0 Å². The topological polar surface area (TPSA) is 78.4 Å². The highest BCUT2D eigenvalue weighted by molar-refractivity contribution is 7.98. The SMILES string of the molecule is CSc1ccccc1Oc1ccc([N+](=O)[O-])c(N)c1. The van der Waals surface area contributed by atoms with Gasteiger partial charge >= 0.3 is 0 Å². The number of para-hydroxylation sites is 1. The maximum Gasteiger partial charge on any atom is 0.292 e. The predicted octanol–water partition coefficient (Wildman–Crippen LogP) is 3.69. The van der Waals surface area contributed by atoms with Crippen molar-refractivity contribution in [2.24, 2.45) is 0 Å². The molecule has 2 rings (SSSR count). The molecule has 0 aromatic heterocycles. The molecule has 2 aromatic rings. The summed E-state index contributed by atoms with van der Waals surface area (Å²) in [5, 5.41) is 10.7. The fourth-order valence-electron chi connectivity index (χ4n) is 1.59. The van der Waals surface area contributed by atoms with Crippen molar-refractivity contribution in [3.8, 4) is 11.5 Å². The molecule has 5 nitrogen and oxygen atoms in total. The molecule has 0 fully saturated rings. The number of nitro groups is 1. The molecule has 0 unspecified atom stereocenters. The van der Waals surface area contributed by atoms with Crippen LogP contribution in [-0.4, -0.2) is 11.2 Å². The molecule has 0 bridgehead atoms. The minimum absolute atomic E-state index is 0.0872. The van der Waals surface area contributed by atoms with E-state index in [1.165, 1.54) is 18.2 Å². The maximum absolute atomic E-state index is 10.7. The van der Waals surface area contributed by atoms with Gasteiger partial charge in [-0.05, 0) is 24.5 Å². The zero-order chi connectivity index (χ0) is 13.8. The van der Waals surface area contributed by atoms with E-state index in [-0.39, 0.29) is 11.4 Å². The van der Waals surface area contributed by atoms with E-state index in [9.17, 15) is 10.1 Å². The molecule has 0 aliphatic heterocycles. The number of rotatable bonds is 4. The Labute approximate surface area is 114 Å². The van der Waals surface area contributed by atoms with Crippen LogP contribution in [0, 0.1) is 10.1 Å². The minimum atomic E-state index is -0.519. The average molecular weight is 276 g/mol. The first-order valence-electron chi connectivity index (χ1n) is 5.46. The van der Waals surface area contributed by atoms with Crippen LogP contribution < -0.4 is 10.5 Å². The summed E-state index contributed by atoms with van der Waals surface area (Å²) in [7, 11) is 0. The Balaban J connectivity index is 2.29. The summed E-state index contributed by atoms with van der Waals surface area (Å²) in [6.07, 6.45) is 1.95. The highest BCUT2D eigenvalue weighted by atomic mass is 32.2. The summed E-state index contributed by atoms with van der Waals surface area (Å²) in [6.45, 7) is 0. The van der Waals surface area contributed by atoms with Crippen LogP contribution in [-0.2, 0) is 0 Å². The average Bonchev–Trinajstić information content (AvgIpc) is 2.39. The highest BCUT2D eigenvalue weighted by Crippen LogP contribution is 2.33. The van der Waals surface area contributed by atoms with E-state index in [2.05, 4.69) is 0 Å². The summed E-state index contributed by atoms with van der Waals surface area (Å²) in [5.74, 6) is 1.17. The molecule has 0 spiro atoms. The molecule has 2 aromatic carbocycles. The molecule has 0 saturated carbocycles. The largest absolute Gasteiger partial charge is 0.456 e. The minimum Gasteiger partial charge on any atom is -0.456 e. The zero-order valence-corrected chi connectivity index (χ0v) is 11.0. The third-order valence-corrected chi connectivity index (χ3v) is 3.27. The lowest BCUT2D eigenvalue weighted by molar-refractivity contribution is -0.383. The number of nitro benzene ring substituents is 1. The van der Waals surface area contributed by atoms with Crippen LogP contribution in [0.4, 0.5) is 11.4 Å². The molecule has 0 radical (unpaired) electrons. The van der Waals surface area contributed by atoms with Crippen LogP contribution >= 0.6 is 11.8 Å². The van der Waals surface area contributed by atoms with E-state index in [4.69, 9.17) is 10.5 Å². The highest BCUT2D eigenvalue weighted by Gasteiger charge is 2.12. The van der Waals surface area contributed by atoms with Crippen LogP contribution in [0.5, 0.6) is 11.5 Å². The molecule has 0 aliphatic rings. The van der Waals surface area contributed by atoms with Gasteiger partial charge in [-0.2, -0.15) is 0 Å². The van der Waals surface area contributed by atoms with Crippen molar-refractivity contribution in [1.29, 1.82) is 0 Å². The second-order valence-corrected chi connectivity index (χ2v) is 4.58. The third-order valence-electron chi connectivity index (χ3n) is 2.49. The molecule has 98 valence electrons. The standard InChI is InChI=1S/C13H12N2O3S/c1-19-13-5-3-2-4-12(13)18-9-6-7-11(15(16)17)10(14)8-9/h2-8H,14H2,1H3. The van der Waals surface area contributed by atoms with Crippen molar-refractivity contribution < 1.29 is 9.66 Å². The van der Waals surface area contributed by atoms with Crippen LogP contribution in [0.25, 0.3) is 0 Å². The maximum atomic E-state index is 10.7. The van der Waals surface area contributed by atoms with Gasteiger partial charge in [0.2, 0.25) is 0 Å². The number of ether oxygens (including phenoxy) is 1. The Morgan fingerprint density at radius 1 is 1.26 bits per heavy atom. The lowest BCUT2D eigenvalue weighted by Gasteiger charge is -2.09. The lowest BCUT2D eigenvalue weighted by Crippen LogP contribution is -1.96. The summed E-state index contributed by atoms with van der Waals surface area (Å²) in [5.41, 5.74) is 5.59. The fraction of sp³-hybridized carbons (Fsp3) is 0.0769. The Kier molecular flexibility index (Phi) is 3.91. The molecule has 0 heterocycles. The van der Waals surface area contributed by atoms with Crippen molar-refractivity contribution in [3.63, 3.8) is 0 Å². The summed E-state index contributed by atoms with van der Waals surface area (Å²) in [4.78, 5) is 11.1. The molecular weight excluding hydrogens is 264 g/mol. The van der Waals surface area contributed by atoms with Gasteiger partial charge in [0.15, 0.2) is 0 Å². The van der Waals surface area contributed by atoms with Gasteiger partial charge in [-0.3, -0.25) is 10.1 Å². The normalized spacial score (nSPS) is 10.2. The van der Waals surface area contributed by atoms with E-state index in [0.29, 0.717) is 11.5 Å². The molecule has 6 heteroatoms. The van der Waals surface area contributed by atoms with Crippen LogP contribution in [0.3, 0.4) is 0 Å². The fourth-order valence-corrected chi connectivity index (χ4v) is 2.12. The van der Waals surface area contributed by atoms with Crippen molar-refractivity contribution in [1.82, 2.24) is 0 Å². The van der Waals surface area contributed by atoms with E-state index < -0.39 is 4.92 Å². The zero-order valence-electron chi connectivity index (χ0n) is 10.2. The Morgan fingerprint density at radius 2 is 2.00 bits per heavy atom. The number of benzene rings is 2. The van der Waals surface area contributed by atoms with Crippen molar-refractivity contribution in [2.45, 2.75) is 4.90 Å². The van der Waals surface area contributed by atoms with Crippen LogP contribution in [0.15, 0.2) is 47.4 Å². The molecule has 0 saturated heterocycles. The van der Waals surface area contributed by atoms with Gasteiger partial charge in [0.25, 0.3) is 5.69 Å². The first kappa shape index (κ1) is 13.2. The van der Waals surface area contributed by atoms with Crippen molar-refractivity contribution >= 4 is 23.1 Å². The second kappa shape index (κ2) is 5.62. The summed E-state index contributed by atoms with van der Waals surface area (Å²) in [6, 6.07) is 11.9. The number of nitrogens with two attached hydrogens (primary N) is 1. The first-order valence-corrected chi connectivity index (χ1v) is 6.69. The van der Waals surface area contributed by atoms with E-state index in [1.807, 2.05) is 30.5 Å². The third kappa shape index (κ3) is 2.97. The van der Waals surface area contributed by atoms with Crippen molar-refractivity contribution in [3.05, 3.63) is 52.6 Å². The molecule has 0 amide bonds. The Hall–Kier alpha value is -2.21. The van der Waals surface area contributed by atoms with Crippen LogP contribution in [0.2, 0.25) is 0 Å². The monoisotopic (exact) mass is 276 g/mol. The van der Waals surface area contributed by atoms with Gasteiger partial charge in [-0.25, -0.2) is 0 Å². The van der Waals surface area contributed by atoms with Gasteiger partial charge in [-0.1, -0.05) is 12.1 Å². The van der Waals surface area contributed by atoms with Gasteiger partial charge in [0.1, 0.15) is 17.2 Å². The molecule has 19 heavy (non-hydrogen) atoms. The van der Waals surface area contributed by atoms with E-state index in [0.717, 1.165) is 4.90 Å². The molecule has 0 atom stereocenters. The van der Waals surface area contributed by atoms with E-state index in [1.54, 1.807) is 11.8 Å². The number of nitrogens with zero attached hydrogens (tertiary/aromatic N) is 1. The second-order valence-electron chi connectivity index (χ2n) is 3.73. The van der Waals surface area contributed by atoms with Gasteiger partial charge in [0.05, 0.1) is 4.92 Å². The van der Waals surface area contributed by atoms with Gasteiger partial charge in [0, 0.05) is 17.0 Å². The predicted molar refractivity (Wildman–Crippen MR) is 75.8 cm³/mol. The number of anilines is 1. The number of hydrogen-bond donors (Lipinski definition) is 1. The Bertz CT molecular complexity index is 617. The lowest BCUT2D eigenvalue weighted by atomic mass is 10.2. The van der Waals surface area contributed by atoms with Gasteiger partial charge < -0.3 is 10.5 Å². The number of thioether (sulfide) groups is 1. The first-order chi connectivity index (χ1) is 9.11. The van der Waals surface area contributed by atoms with Crippen molar-refractivity contribution in [2.75, 3.05) is 12.0 Å². The molecular formula is C13H12N2O3S. The summed E-state index contributed by atoms with van der Waals surface area (Å²) >= 11 is 1.56. The Morgan fingerprint density at radius 3 is 2.63 bits per heavy atom. The number of hydrogen-bond acceptors (Lipinski definition) is 5. The molecule has 2 N–H and O–H groups in total. The smallest absolute Gasteiger partial charge is 0.292 e. The van der Waals surface area contributed by atoms with Gasteiger partial charge in [-0.15, -0.1) is 11.8 Å². The molecule has 0 aliphatic carbocycles. The quantitative estimate of drug-likeness (QED) is 0.399. The number of nitrogen functional groups attached to an aromatic ring is 1. The summed E-state index contributed by atoms with van der Waals surface area (Å²) < 4.78 is 5.69. The van der Waals surface area contributed by atoms with Crippen LogP contribution in [0.1, 0.15) is 0 Å².